The molecule has 140 valence electrons. The average molecular weight is 390 g/mol. The Morgan fingerprint density at radius 2 is 1.68 bits per heavy atom. The largest absolute Gasteiger partial charge is 0.326 e. The zero-order valence-electron chi connectivity index (χ0n) is 15.1. The predicted molar refractivity (Wildman–Crippen MR) is 109 cm³/mol. The molecule has 4 rings (SSSR count). The van der Waals surface area contributed by atoms with Crippen LogP contribution in [0.3, 0.4) is 0 Å². The Morgan fingerprint density at radius 1 is 0.929 bits per heavy atom. The molecule has 1 aliphatic rings. The molecule has 0 aliphatic carbocycles. The van der Waals surface area contributed by atoms with E-state index in [1.807, 2.05) is 35.7 Å². The fourth-order valence-electron chi connectivity index (χ4n) is 3.27. The van der Waals surface area contributed by atoms with E-state index in [1.165, 1.54) is 4.90 Å². The smallest absolute Gasteiger partial charge is 0.261 e. The number of fused-ring (bicyclic) bond motifs is 1. The van der Waals surface area contributed by atoms with Crippen LogP contribution in [0, 0.1) is 0 Å². The summed E-state index contributed by atoms with van der Waals surface area (Å²) in [5.41, 5.74) is 3.76. The highest BCUT2D eigenvalue weighted by atomic mass is 32.1. The summed E-state index contributed by atoms with van der Waals surface area (Å²) in [7, 11) is 0. The van der Waals surface area contributed by atoms with Crippen LogP contribution >= 0.6 is 11.3 Å². The topological polar surface area (TPSA) is 66.5 Å². The van der Waals surface area contributed by atoms with Gasteiger partial charge in [-0.2, -0.15) is 11.3 Å². The molecule has 3 amide bonds. The SMILES string of the molecule is O=C(CCCN1C(=O)c2ccccc2C1=O)Nc1cccc(-c2ccsc2)c1. The first-order valence-corrected chi connectivity index (χ1v) is 9.95. The lowest BCUT2D eigenvalue weighted by atomic mass is 10.1. The van der Waals surface area contributed by atoms with Gasteiger partial charge in [-0.3, -0.25) is 19.3 Å². The molecule has 0 spiro atoms. The second kappa shape index (κ2) is 7.78. The van der Waals surface area contributed by atoms with E-state index < -0.39 is 0 Å². The van der Waals surface area contributed by atoms with Gasteiger partial charge in [-0.05, 0) is 58.6 Å². The molecule has 0 fully saturated rings. The van der Waals surface area contributed by atoms with Gasteiger partial charge in [0.05, 0.1) is 11.1 Å². The Labute approximate surface area is 166 Å². The fourth-order valence-corrected chi connectivity index (χ4v) is 3.93. The van der Waals surface area contributed by atoms with E-state index in [1.54, 1.807) is 35.6 Å². The third-order valence-electron chi connectivity index (χ3n) is 4.66. The van der Waals surface area contributed by atoms with Crippen LogP contribution in [0.5, 0.6) is 0 Å². The summed E-state index contributed by atoms with van der Waals surface area (Å²) in [4.78, 5) is 38.1. The maximum Gasteiger partial charge on any atom is 0.261 e. The number of nitrogens with one attached hydrogen (secondary N) is 1. The van der Waals surface area contributed by atoms with E-state index in [-0.39, 0.29) is 30.7 Å². The quantitative estimate of drug-likeness (QED) is 0.633. The second-order valence-corrected chi connectivity index (χ2v) is 7.33. The molecule has 1 aliphatic heterocycles. The highest BCUT2D eigenvalue weighted by Crippen LogP contribution is 2.25. The van der Waals surface area contributed by atoms with Crippen LogP contribution < -0.4 is 5.32 Å². The lowest BCUT2D eigenvalue weighted by Gasteiger charge is -2.13. The summed E-state index contributed by atoms with van der Waals surface area (Å²) in [6, 6.07) is 16.5. The third kappa shape index (κ3) is 3.59. The van der Waals surface area contributed by atoms with Gasteiger partial charge in [0.15, 0.2) is 0 Å². The number of thiophene rings is 1. The molecule has 2 heterocycles. The highest BCUT2D eigenvalue weighted by molar-refractivity contribution is 7.08. The predicted octanol–water partition coefficient (Wildman–Crippen LogP) is 4.43. The molecule has 0 atom stereocenters. The maximum atomic E-state index is 12.3. The molecular weight excluding hydrogens is 372 g/mol. The number of imide groups is 1. The standard InChI is InChI=1S/C22H18N2O3S/c25-20(23-17-6-3-5-15(13-17)16-10-12-28-14-16)9-4-11-24-21(26)18-7-1-2-8-19(18)22(24)27/h1-3,5-8,10,12-14H,4,9,11H2,(H,23,25). The van der Waals surface area contributed by atoms with Crippen LogP contribution in [-0.4, -0.2) is 29.2 Å². The van der Waals surface area contributed by atoms with Crippen molar-refractivity contribution in [3.8, 4) is 11.1 Å². The first kappa shape index (κ1) is 18.1. The molecule has 3 aromatic rings. The van der Waals surface area contributed by atoms with Crippen LogP contribution in [0.25, 0.3) is 11.1 Å². The number of hydrogen-bond acceptors (Lipinski definition) is 4. The first-order valence-electron chi connectivity index (χ1n) is 9.01. The number of carbonyl (C=O) groups excluding carboxylic acids is 3. The zero-order valence-corrected chi connectivity index (χ0v) is 15.9. The minimum atomic E-state index is -0.288. The monoisotopic (exact) mass is 390 g/mol. The van der Waals surface area contributed by atoms with Crippen molar-refractivity contribution in [2.75, 3.05) is 11.9 Å². The van der Waals surface area contributed by atoms with Crippen molar-refractivity contribution in [2.24, 2.45) is 0 Å². The summed E-state index contributed by atoms with van der Waals surface area (Å²) in [6.07, 6.45) is 0.650. The van der Waals surface area contributed by atoms with Gasteiger partial charge in [-0.25, -0.2) is 0 Å². The van der Waals surface area contributed by atoms with E-state index in [0.717, 1.165) is 16.8 Å². The number of nitrogens with zero attached hydrogens (tertiary/aromatic N) is 1. The van der Waals surface area contributed by atoms with Gasteiger partial charge in [0.25, 0.3) is 11.8 Å². The molecule has 0 unspecified atom stereocenters. The minimum absolute atomic E-state index is 0.140. The normalized spacial score (nSPS) is 12.9. The van der Waals surface area contributed by atoms with Gasteiger partial charge >= 0.3 is 0 Å². The van der Waals surface area contributed by atoms with E-state index in [4.69, 9.17) is 0 Å². The maximum absolute atomic E-state index is 12.3. The van der Waals surface area contributed by atoms with Gasteiger partial charge < -0.3 is 5.32 Å². The van der Waals surface area contributed by atoms with Gasteiger partial charge in [-0.1, -0.05) is 24.3 Å². The van der Waals surface area contributed by atoms with Crippen molar-refractivity contribution in [1.82, 2.24) is 4.90 Å². The van der Waals surface area contributed by atoms with Crippen LogP contribution in [0.1, 0.15) is 33.6 Å². The van der Waals surface area contributed by atoms with E-state index in [2.05, 4.69) is 10.7 Å². The van der Waals surface area contributed by atoms with Crippen molar-refractivity contribution in [3.05, 3.63) is 76.5 Å². The summed E-state index contributed by atoms with van der Waals surface area (Å²) >= 11 is 1.63. The summed E-state index contributed by atoms with van der Waals surface area (Å²) in [5.74, 6) is -0.715. The van der Waals surface area contributed by atoms with Gasteiger partial charge in [0.1, 0.15) is 0 Å². The molecule has 0 saturated carbocycles. The minimum Gasteiger partial charge on any atom is -0.326 e. The van der Waals surface area contributed by atoms with Crippen molar-refractivity contribution in [1.29, 1.82) is 0 Å². The number of anilines is 1. The average Bonchev–Trinajstić information content (AvgIpc) is 3.32. The lowest BCUT2D eigenvalue weighted by molar-refractivity contribution is -0.116. The van der Waals surface area contributed by atoms with Crippen molar-refractivity contribution >= 4 is 34.7 Å². The zero-order chi connectivity index (χ0) is 19.5. The third-order valence-corrected chi connectivity index (χ3v) is 5.35. The fraction of sp³-hybridized carbons (Fsp3) is 0.136. The summed E-state index contributed by atoms with van der Waals surface area (Å²) in [6.45, 7) is 0.231. The molecule has 0 radical (unpaired) electrons. The van der Waals surface area contributed by atoms with E-state index >= 15 is 0 Å². The Balaban J connectivity index is 1.32. The molecular formula is C22H18N2O3S. The Morgan fingerprint density at radius 3 is 2.36 bits per heavy atom. The second-order valence-electron chi connectivity index (χ2n) is 6.55. The molecule has 1 N–H and O–H groups in total. The van der Waals surface area contributed by atoms with Crippen LogP contribution in [0.15, 0.2) is 65.4 Å². The molecule has 0 bridgehead atoms. The lowest BCUT2D eigenvalue weighted by Crippen LogP contribution is -2.31. The Hall–Kier alpha value is -3.25. The number of benzene rings is 2. The number of rotatable bonds is 6. The molecule has 6 heteroatoms. The van der Waals surface area contributed by atoms with Crippen LogP contribution in [0.4, 0.5) is 5.69 Å². The summed E-state index contributed by atoms with van der Waals surface area (Å²) < 4.78 is 0. The highest BCUT2D eigenvalue weighted by Gasteiger charge is 2.34. The van der Waals surface area contributed by atoms with Crippen molar-refractivity contribution in [3.63, 3.8) is 0 Å². The van der Waals surface area contributed by atoms with Gasteiger partial charge in [0, 0.05) is 18.7 Å². The molecule has 5 nitrogen and oxygen atoms in total. The summed E-state index contributed by atoms with van der Waals surface area (Å²) in [5, 5.41) is 6.96. The van der Waals surface area contributed by atoms with E-state index in [0.29, 0.717) is 17.5 Å². The van der Waals surface area contributed by atoms with Gasteiger partial charge in [0.2, 0.25) is 5.91 Å². The molecule has 2 aromatic carbocycles. The van der Waals surface area contributed by atoms with Crippen molar-refractivity contribution < 1.29 is 14.4 Å². The number of hydrogen-bond donors (Lipinski definition) is 1. The number of amides is 3. The van der Waals surface area contributed by atoms with Crippen LogP contribution in [0.2, 0.25) is 0 Å². The van der Waals surface area contributed by atoms with E-state index in [9.17, 15) is 14.4 Å². The van der Waals surface area contributed by atoms with Crippen molar-refractivity contribution in [2.45, 2.75) is 12.8 Å². The Bertz CT molecular complexity index is 1010. The molecule has 28 heavy (non-hydrogen) atoms. The van der Waals surface area contributed by atoms with Gasteiger partial charge in [-0.15, -0.1) is 0 Å². The number of carbonyl (C=O) groups is 3. The first-order chi connectivity index (χ1) is 13.6. The molecule has 1 aromatic heterocycles. The van der Waals surface area contributed by atoms with Crippen LogP contribution in [-0.2, 0) is 4.79 Å². The Kier molecular flexibility index (Phi) is 5.04. The molecule has 0 saturated heterocycles.